The number of hydrogen-bond acceptors (Lipinski definition) is 7. The summed E-state index contributed by atoms with van der Waals surface area (Å²) in [5.41, 5.74) is 0.745. The van der Waals surface area contributed by atoms with Gasteiger partial charge in [0.2, 0.25) is 5.76 Å². The lowest BCUT2D eigenvalue weighted by molar-refractivity contribution is -0.147. The van der Waals surface area contributed by atoms with Crippen LogP contribution in [0.5, 0.6) is 0 Å². The zero-order valence-electron chi connectivity index (χ0n) is 16.2. The van der Waals surface area contributed by atoms with Crippen LogP contribution >= 0.6 is 0 Å². The van der Waals surface area contributed by atoms with Gasteiger partial charge in [0.15, 0.2) is 12.0 Å². The lowest BCUT2D eigenvalue weighted by Gasteiger charge is -2.21. The molecule has 0 radical (unpaired) electrons. The fourth-order valence-corrected chi connectivity index (χ4v) is 2.58. The van der Waals surface area contributed by atoms with Crippen molar-refractivity contribution in [3.8, 4) is 0 Å². The molecule has 0 saturated heterocycles. The van der Waals surface area contributed by atoms with E-state index in [0.717, 1.165) is 11.6 Å². The third-order valence-corrected chi connectivity index (χ3v) is 4.40. The molecule has 1 aromatic carbocycles. The van der Waals surface area contributed by atoms with Crippen molar-refractivity contribution in [2.24, 2.45) is 5.92 Å². The van der Waals surface area contributed by atoms with Crippen LogP contribution in [0.25, 0.3) is 11.0 Å². The largest absolute Gasteiger partial charge is 0.467 e. The highest BCUT2D eigenvalue weighted by Crippen LogP contribution is 2.15. The molecule has 28 heavy (non-hydrogen) atoms. The second kappa shape index (κ2) is 9.16. The minimum Gasteiger partial charge on any atom is -0.467 e. The van der Waals surface area contributed by atoms with Crippen LogP contribution in [0, 0.1) is 12.8 Å². The molecule has 0 fully saturated rings. The maximum absolute atomic E-state index is 12.2. The smallest absolute Gasteiger partial charge is 0.374 e. The van der Waals surface area contributed by atoms with Crippen LogP contribution in [0.4, 0.5) is 0 Å². The molecule has 1 heterocycles. The Hall–Kier alpha value is -3.16. The van der Waals surface area contributed by atoms with E-state index in [0.29, 0.717) is 11.8 Å². The fourth-order valence-electron chi connectivity index (χ4n) is 2.58. The number of nitrogens with one attached hydrogen (secondary N) is 1. The predicted octanol–water partition coefficient (Wildman–Crippen LogP) is 1.96. The standard InChI is InChI=1S/C20H23NO7/c1-5-12(3)18(20(25)26-4)21-17(23)10-27-19(24)16-9-14(22)13-8-11(2)6-7-15(13)28-16/h6-9,12,18H,5,10H2,1-4H3,(H,21,23)/t12-,18-/m0/s1. The van der Waals surface area contributed by atoms with Crippen LogP contribution in [0.1, 0.15) is 36.4 Å². The summed E-state index contributed by atoms with van der Waals surface area (Å²) in [5, 5.41) is 2.84. The first-order chi connectivity index (χ1) is 13.3. The van der Waals surface area contributed by atoms with Crippen LogP contribution in [0.15, 0.2) is 33.5 Å². The van der Waals surface area contributed by atoms with Crippen molar-refractivity contribution >= 4 is 28.8 Å². The average Bonchev–Trinajstić information content (AvgIpc) is 2.69. The number of fused-ring (bicyclic) bond motifs is 1. The van der Waals surface area contributed by atoms with E-state index in [4.69, 9.17) is 9.15 Å². The Bertz CT molecular complexity index is 947. The molecule has 2 aromatic rings. The maximum Gasteiger partial charge on any atom is 0.374 e. The number of benzene rings is 1. The zero-order valence-corrected chi connectivity index (χ0v) is 16.2. The third kappa shape index (κ3) is 4.97. The number of ether oxygens (including phenoxy) is 2. The fraction of sp³-hybridized carbons (Fsp3) is 0.400. The summed E-state index contributed by atoms with van der Waals surface area (Å²) in [6.45, 7) is 4.87. The summed E-state index contributed by atoms with van der Waals surface area (Å²) in [6, 6.07) is 5.17. The highest BCUT2D eigenvalue weighted by atomic mass is 16.5. The second-order valence-corrected chi connectivity index (χ2v) is 6.50. The van der Waals surface area contributed by atoms with Crippen molar-refractivity contribution in [1.29, 1.82) is 0 Å². The van der Waals surface area contributed by atoms with Gasteiger partial charge < -0.3 is 19.2 Å². The lowest BCUT2D eigenvalue weighted by atomic mass is 9.99. The Labute approximate surface area is 161 Å². The highest BCUT2D eigenvalue weighted by Gasteiger charge is 2.27. The Kier molecular flexibility index (Phi) is 6.92. The molecule has 0 aliphatic rings. The Morgan fingerprint density at radius 2 is 1.93 bits per heavy atom. The van der Waals surface area contributed by atoms with Gasteiger partial charge in [-0.15, -0.1) is 0 Å². The molecule has 0 aliphatic carbocycles. The molecule has 0 unspecified atom stereocenters. The molecule has 0 spiro atoms. The Morgan fingerprint density at radius 1 is 1.21 bits per heavy atom. The molecule has 1 amide bonds. The molecule has 8 nitrogen and oxygen atoms in total. The monoisotopic (exact) mass is 389 g/mol. The molecular formula is C20H23NO7. The molecule has 1 aromatic heterocycles. The molecule has 0 saturated carbocycles. The number of aryl methyl sites for hydroxylation is 1. The van der Waals surface area contributed by atoms with Crippen LogP contribution in [-0.2, 0) is 19.1 Å². The topological polar surface area (TPSA) is 112 Å². The van der Waals surface area contributed by atoms with E-state index in [9.17, 15) is 19.2 Å². The second-order valence-electron chi connectivity index (χ2n) is 6.50. The Balaban J connectivity index is 2.06. The normalized spacial score (nSPS) is 12.9. The minimum atomic E-state index is -0.951. The van der Waals surface area contributed by atoms with Crippen LogP contribution in [0.3, 0.4) is 0 Å². The van der Waals surface area contributed by atoms with Gasteiger partial charge in [-0.05, 0) is 25.0 Å². The summed E-state index contributed by atoms with van der Waals surface area (Å²) in [4.78, 5) is 48.2. The van der Waals surface area contributed by atoms with Gasteiger partial charge in [-0.25, -0.2) is 9.59 Å². The highest BCUT2D eigenvalue weighted by molar-refractivity contribution is 5.91. The molecule has 0 bridgehead atoms. The molecule has 2 rings (SSSR count). The zero-order chi connectivity index (χ0) is 20.8. The maximum atomic E-state index is 12.2. The first-order valence-corrected chi connectivity index (χ1v) is 8.85. The Morgan fingerprint density at radius 3 is 2.57 bits per heavy atom. The van der Waals surface area contributed by atoms with Gasteiger partial charge >= 0.3 is 11.9 Å². The van der Waals surface area contributed by atoms with Crippen molar-refractivity contribution in [2.45, 2.75) is 33.2 Å². The summed E-state index contributed by atoms with van der Waals surface area (Å²) in [5.74, 6) is -2.66. The van der Waals surface area contributed by atoms with Crippen molar-refractivity contribution in [3.05, 3.63) is 45.8 Å². The van der Waals surface area contributed by atoms with E-state index in [1.54, 1.807) is 25.1 Å². The van der Waals surface area contributed by atoms with Crippen molar-refractivity contribution < 1.29 is 28.3 Å². The van der Waals surface area contributed by atoms with Crippen molar-refractivity contribution in [1.82, 2.24) is 5.32 Å². The van der Waals surface area contributed by atoms with Crippen LogP contribution in [-0.4, -0.2) is 37.6 Å². The number of hydrogen-bond donors (Lipinski definition) is 1. The summed E-state index contributed by atoms with van der Waals surface area (Å²) in [7, 11) is 1.23. The van der Waals surface area contributed by atoms with Crippen LogP contribution in [0.2, 0.25) is 0 Å². The van der Waals surface area contributed by atoms with E-state index < -0.39 is 30.5 Å². The van der Waals surface area contributed by atoms with E-state index in [-0.39, 0.29) is 22.7 Å². The summed E-state index contributed by atoms with van der Waals surface area (Å²) >= 11 is 0. The number of amides is 1. The number of carbonyl (C=O) groups is 3. The van der Waals surface area contributed by atoms with Gasteiger partial charge in [-0.3, -0.25) is 9.59 Å². The van der Waals surface area contributed by atoms with Gasteiger partial charge in [0, 0.05) is 6.07 Å². The van der Waals surface area contributed by atoms with Crippen molar-refractivity contribution in [2.75, 3.05) is 13.7 Å². The van der Waals surface area contributed by atoms with E-state index in [1.807, 2.05) is 13.8 Å². The predicted molar refractivity (Wildman–Crippen MR) is 101 cm³/mol. The minimum absolute atomic E-state index is 0.158. The molecule has 0 aliphatic heterocycles. The molecule has 2 atom stereocenters. The number of methoxy groups -OCH3 is 1. The van der Waals surface area contributed by atoms with Crippen LogP contribution < -0.4 is 10.7 Å². The van der Waals surface area contributed by atoms with E-state index in [1.165, 1.54) is 7.11 Å². The van der Waals surface area contributed by atoms with Gasteiger partial charge in [-0.2, -0.15) is 0 Å². The molecule has 1 N–H and O–H groups in total. The number of esters is 2. The molecule has 8 heteroatoms. The van der Waals surface area contributed by atoms with Gasteiger partial charge in [-0.1, -0.05) is 31.9 Å². The van der Waals surface area contributed by atoms with Gasteiger partial charge in [0.05, 0.1) is 12.5 Å². The lowest BCUT2D eigenvalue weighted by Crippen LogP contribution is -2.47. The average molecular weight is 389 g/mol. The van der Waals surface area contributed by atoms with Gasteiger partial charge in [0.1, 0.15) is 11.6 Å². The number of carbonyl (C=O) groups excluding carboxylic acids is 3. The summed E-state index contributed by atoms with van der Waals surface area (Å²) in [6.07, 6.45) is 0.640. The number of rotatable bonds is 7. The van der Waals surface area contributed by atoms with Gasteiger partial charge in [0.25, 0.3) is 5.91 Å². The first kappa shape index (κ1) is 21.1. The summed E-state index contributed by atoms with van der Waals surface area (Å²) < 4.78 is 15.0. The van der Waals surface area contributed by atoms with E-state index >= 15 is 0 Å². The molecular weight excluding hydrogens is 366 g/mol. The van der Waals surface area contributed by atoms with Crippen molar-refractivity contribution in [3.63, 3.8) is 0 Å². The van der Waals surface area contributed by atoms with E-state index in [2.05, 4.69) is 10.1 Å². The quantitative estimate of drug-likeness (QED) is 0.721. The molecule has 150 valence electrons. The SMILES string of the molecule is CC[C@H](C)[C@H](NC(=O)COC(=O)c1cc(=O)c2cc(C)ccc2o1)C(=O)OC. The third-order valence-electron chi connectivity index (χ3n) is 4.40. The first-order valence-electron chi connectivity index (χ1n) is 8.85.